The van der Waals surface area contributed by atoms with Gasteiger partial charge in [0.25, 0.3) is 5.91 Å². The van der Waals surface area contributed by atoms with Gasteiger partial charge in [0.15, 0.2) is 6.10 Å². The number of hydrogen-bond donors (Lipinski definition) is 1. The van der Waals surface area contributed by atoms with Crippen molar-refractivity contribution in [3.63, 3.8) is 0 Å². The van der Waals surface area contributed by atoms with Crippen molar-refractivity contribution in [2.75, 3.05) is 0 Å². The Balaban J connectivity index is 2.92. The van der Waals surface area contributed by atoms with Gasteiger partial charge in [-0.15, -0.1) is 0 Å². The van der Waals surface area contributed by atoms with Crippen LogP contribution in [0.1, 0.15) is 18.1 Å². The van der Waals surface area contributed by atoms with Crippen molar-refractivity contribution in [3.8, 4) is 5.75 Å². The van der Waals surface area contributed by atoms with Crippen LogP contribution in [-0.4, -0.2) is 12.0 Å². The number of ether oxygens (including phenoxy) is 1. The molecule has 0 spiro atoms. The first-order valence-electron chi connectivity index (χ1n) is 4.64. The molecule has 15 heavy (non-hydrogen) atoms. The summed E-state index contributed by atoms with van der Waals surface area (Å²) < 4.78 is 6.45. The van der Waals surface area contributed by atoms with Crippen LogP contribution >= 0.6 is 15.9 Å². The lowest BCUT2D eigenvalue weighted by Crippen LogP contribution is -2.30. The van der Waals surface area contributed by atoms with Gasteiger partial charge in [-0.25, -0.2) is 0 Å². The van der Waals surface area contributed by atoms with E-state index in [0.717, 1.165) is 15.6 Å². The van der Waals surface area contributed by atoms with Gasteiger partial charge in [-0.05, 0) is 44.0 Å². The number of carbonyl (C=O) groups is 1. The summed E-state index contributed by atoms with van der Waals surface area (Å²) in [5, 5.41) is 0. The standard InChI is InChI=1S/C11H14BrNO2/c1-6-4-9(5-7(2)10(6)12)15-8(3)11(13)14/h4-5,8H,1-3H3,(H2,13,14). The summed E-state index contributed by atoms with van der Waals surface area (Å²) in [6, 6.07) is 3.74. The Morgan fingerprint density at radius 2 is 1.87 bits per heavy atom. The summed E-state index contributed by atoms with van der Waals surface area (Å²) in [6.45, 7) is 5.58. The highest BCUT2D eigenvalue weighted by Crippen LogP contribution is 2.26. The van der Waals surface area contributed by atoms with Crippen LogP contribution < -0.4 is 10.5 Å². The molecule has 1 amide bonds. The molecule has 1 rings (SSSR count). The molecule has 0 fully saturated rings. The summed E-state index contributed by atoms with van der Waals surface area (Å²) in [4.78, 5) is 10.8. The Hall–Kier alpha value is -1.03. The van der Waals surface area contributed by atoms with E-state index < -0.39 is 12.0 Å². The van der Waals surface area contributed by atoms with Crippen molar-refractivity contribution < 1.29 is 9.53 Å². The highest BCUT2D eigenvalue weighted by molar-refractivity contribution is 9.10. The van der Waals surface area contributed by atoms with Crippen molar-refractivity contribution in [2.24, 2.45) is 5.73 Å². The molecule has 0 bridgehead atoms. The number of benzene rings is 1. The van der Waals surface area contributed by atoms with Crippen LogP contribution in [0.3, 0.4) is 0 Å². The molecular weight excluding hydrogens is 258 g/mol. The molecule has 4 heteroatoms. The van der Waals surface area contributed by atoms with Crippen molar-refractivity contribution in [1.82, 2.24) is 0 Å². The Bertz CT molecular complexity index is 367. The Morgan fingerprint density at radius 1 is 1.40 bits per heavy atom. The second-order valence-corrected chi connectivity index (χ2v) is 4.33. The molecule has 0 aliphatic carbocycles. The van der Waals surface area contributed by atoms with Crippen LogP contribution in [0.15, 0.2) is 16.6 Å². The van der Waals surface area contributed by atoms with E-state index in [2.05, 4.69) is 15.9 Å². The van der Waals surface area contributed by atoms with Gasteiger partial charge < -0.3 is 10.5 Å². The van der Waals surface area contributed by atoms with E-state index >= 15 is 0 Å². The van der Waals surface area contributed by atoms with Crippen LogP contribution in [0.4, 0.5) is 0 Å². The summed E-state index contributed by atoms with van der Waals surface area (Å²) in [7, 11) is 0. The lowest BCUT2D eigenvalue weighted by Gasteiger charge is -2.13. The molecule has 1 aromatic carbocycles. The monoisotopic (exact) mass is 271 g/mol. The SMILES string of the molecule is Cc1cc(OC(C)C(N)=O)cc(C)c1Br. The highest BCUT2D eigenvalue weighted by atomic mass is 79.9. The fourth-order valence-electron chi connectivity index (χ4n) is 1.24. The zero-order chi connectivity index (χ0) is 11.6. The molecule has 0 aliphatic heterocycles. The van der Waals surface area contributed by atoms with E-state index in [-0.39, 0.29) is 0 Å². The average Bonchev–Trinajstić information content (AvgIpc) is 2.13. The molecule has 0 saturated heterocycles. The molecule has 0 heterocycles. The minimum atomic E-state index is -0.607. The molecule has 2 N–H and O–H groups in total. The average molecular weight is 272 g/mol. The van der Waals surface area contributed by atoms with E-state index in [1.807, 2.05) is 26.0 Å². The second-order valence-electron chi connectivity index (χ2n) is 3.53. The van der Waals surface area contributed by atoms with Gasteiger partial charge in [0.1, 0.15) is 5.75 Å². The summed E-state index contributed by atoms with van der Waals surface area (Å²) in [5.41, 5.74) is 7.26. The molecule has 0 radical (unpaired) electrons. The lowest BCUT2D eigenvalue weighted by atomic mass is 10.1. The first kappa shape index (κ1) is 12.0. The topological polar surface area (TPSA) is 52.3 Å². The maximum Gasteiger partial charge on any atom is 0.258 e. The van der Waals surface area contributed by atoms with Crippen LogP contribution in [-0.2, 0) is 4.79 Å². The van der Waals surface area contributed by atoms with Crippen molar-refractivity contribution in [2.45, 2.75) is 26.9 Å². The van der Waals surface area contributed by atoms with Crippen LogP contribution in [0.5, 0.6) is 5.75 Å². The Labute approximate surface area is 97.7 Å². The number of amides is 1. The fraction of sp³-hybridized carbons (Fsp3) is 0.364. The number of primary amides is 1. The Kier molecular flexibility index (Phi) is 3.74. The number of hydrogen-bond acceptors (Lipinski definition) is 2. The Morgan fingerprint density at radius 3 is 2.27 bits per heavy atom. The van der Waals surface area contributed by atoms with E-state index in [4.69, 9.17) is 10.5 Å². The minimum Gasteiger partial charge on any atom is -0.481 e. The fourth-order valence-corrected chi connectivity index (χ4v) is 1.47. The number of rotatable bonds is 3. The molecular formula is C11H14BrNO2. The van der Waals surface area contributed by atoms with Gasteiger partial charge in [-0.2, -0.15) is 0 Å². The maximum absolute atomic E-state index is 10.8. The third-order valence-corrected chi connectivity index (χ3v) is 3.37. The number of carbonyl (C=O) groups excluding carboxylic acids is 1. The predicted octanol–water partition coefficient (Wildman–Crippen LogP) is 2.32. The molecule has 82 valence electrons. The number of aryl methyl sites for hydroxylation is 2. The largest absolute Gasteiger partial charge is 0.481 e. The van der Waals surface area contributed by atoms with Gasteiger partial charge in [-0.3, -0.25) is 4.79 Å². The summed E-state index contributed by atoms with van der Waals surface area (Å²) in [5.74, 6) is 0.202. The van der Waals surface area contributed by atoms with E-state index in [0.29, 0.717) is 5.75 Å². The van der Waals surface area contributed by atoms with Crippen LogP contribution in [0.2, 0.25) is 0 Å². The van der Waals surface area contributed by atoms with Gasteiger partial charge in [0.05, 0.1) is 0 Å². The summed E-state index contributed by atoms with van der Waals surface area (Å²) in [6.07, 6.45) is -0.607. The van der Waals surface area contributed by atoms with Gasteiger partial charge in [0, 0.05) is 4.47 Å². The van der Waals surface area contributed by atoms with Crippen LogP contribution in [0.25, 0.3) is 0 Å². The summed E-state index contributed by atoms with van der Waals surface area (Å²) >= 11 is 3.46. The number of halogens is 1. The van der Waals surface area contributed by atoms with Crippen molar-refractivity contribution in [3.05, 3.63) is 27.7 Å². The zero-order valence-corrected chi connectivity index (χ0v) is 10.6. The van der Waals surface area contributed by atoms with Gasteiger partial charge in [-0.1, -0.05) is 15.9 Å². The zero-order valence-electron chi connectivity index (χ0n) is 9.00. The van der Waals surface area contributed by atoms with Gasteiger partial charge in [0.2, 0.25) is 0 Å². The van der Waals surface area contributed by atoms with Crippen molar-refractivity contribution in [1.29, 1.82) is 0 Å². The third-order valence-electron chi connectivity index (χ3n) is 2.12. The lowest BCUT2D eigenvalue weighted by molar-refractivity contribution is -0.123. The van der Waals surface area contributed by atoms with Crippen LogP contribution in [0, 0.1) is 13.8 Å². The quantitative estimate of drug-likeness (QED) is 0.918. The first-order chi connectivity index (χ1) is 6.91. The molecule has 3 nitrogen and oxygen atoms in total. The third kappa shape index (κ3) is 2.96. The molecule has 0 saturated carbocycles. The minimum absolute atomic E-state index is 0.465. The smallest absolute Gasteiger partial charge is 0.258 e. The molecule has 0 aromatic heterocycles. The first-order valence-corrected chi connectivity index (χ1v) is 5.44. The molecule has 1 aromatic rings. The maximum atomic E-state index is 10.8. The predicted molar refractivity (Wildman–Crippen MR) is 62.9 cm³/mol. The normalized spacial score (nSPS) is 12.3. The van der Waals surface area contributed by atoms with E-state index in [9.17, 15) is 4.79 Å². The second kappa shape index (κ2) is 4.66. The molecule has 1 unspecified atom stereocenters. The number of nitrogens with two attached hydrogens (primary N) is 1. The highest BCUT2D eigenvalue weighted by Gasteiger charge is 2.11. The van der Waals surface area contributed by atoms with Gasteiger partial charge >= 0.3 is 0 Å². The van der Waals surface area contributed by atoms with E-state index in [1.54, 1.807) is 6.92 Å². The molecule has 0 aliphatic rings. The molecule has 1 atom stereocenters. The van der Waals surface area contributed by atoms with E-state index in [1.165, 1.54) is 0 Å². The van der Waals surface area contributed by atoms with Crippen molar-refractivity contribution >= 4 is 21.8 Å².